The van der Waals surface area contributed by atoms with Crippen LogP contribution in [0.15, 0.2) is 47.4 Å². The van der Waals surface area contributed by atoms with Crippen LogP contribution in [-0.2, 0) is 14.8 Å². The summed E-state index contributed by atoms with van der Waals surface area (Å²) in [6, 6.07) is 12.0. The minimum atomic E-state index is -3.75. The summed E-state index contributed by atoms with van der Waals surface area (Å²) < 4.78 is 38.0. The van der Waals surface area contributed by atoms with Gasteiger partial charge in [-0.1, -0.05) is 18.2 Å². The lowest BCUT2D eigenvalue weighted by molar-refractivity contribution is -0.120. The Labute approximate surface area is 171 Å². The van der Waals surface area contributed by atoms with Gasteiger partial charge in [-0.3, -0.25) is 4.79 Å². The SMILES string of the molecule is COc1ccc(S(=O)(=O)N2CCC[C@@H](C(=O)Nc3ccccc3C)C2)cc1OC. The van der Waals surface area contributed by atoms with E-state index in [1.807, 2.05) is 31.2 Å². The molecular formula is C21H26N2O5S. The summed E-state index contributed by atoms with van der Waals surface area (Å²) in [4.78, 5) is 12.9. The van der Waals surface area contributed by atoms with Gasteiger partial charge in [0.25, 0.3) is 0 Å². The Morgan fingerprint density at radius 2 is 1.83 bits per heavy atom. The van der Waals surface area contributed by atoms with Crippen LogP contribution in [0.5, 0.6) is 11.5 Å². The number of sulfonamides is 1. The molecule has 0 unspecified atom stereocenters. The number of carbonyl (C=O) groups excluding carboxylic acids is 1. The van der Waals surface area contributed by atoms with E-state index in [0.29, 0.717) is 30.9 Å². The standard InChI is InChI=1S/C21H26N2O5S/c1-15-7-4-5-9-18(15)22-21(24)16-8-6-12-23(14-16)29(25,26)17-10-11-19(27-2)20(13-17)28-3/h4-5,7,9-11,13,16H,6,8,12,14H2,1-3H3,(H,22,24)/t16-/m1/s1. The van der Waals surface area contributed by atoms with Crippen molar-refractivity contribution in [3.63, 3.8) is 0 Å². The molecule has 1 N–H and O–H groups in total. The summed E-state index contributed by atoms with van der Waals surface area (Å²) in [5.41, 5.74) is 1.71. The van der Waals surface area contributed by atoms with Crippen molar-refractivity contribution < 1.29 is 22.7 Å². The summed E-state index contributed by atoms with van der Waals surface area (Å²) >= 11 is 0. The van der Waals surface area contributed by atoms with Crippen LogP contribution in [0.3, 0.4) is 0 Å². The van der Waals surface area contributed by atoms with Crippen LogP contribution in [0, 0.1) is 12.8 Å². The zero-order chi connectivity index (χ0) is 21.0. The number of aryl methyl sites for hydroxylation is 1. The zero-order valence-corrected chi connectivity index (χ0v) is 17.7. The molecule has 0 bridgehead atoms. The number of hydrogen-bond acceptors (Lipinski definition) is 5. The van der Waals surface area contributed by atoms with Crippen LogP contribution in [0.25, 0.3) is 0 Å². The van der Waals surface area contributed by atoms with Gasteiger partial charge >= 0.3 is 0 Å². The second-order valence-electron chi connectivity index (χ2n) is 7.02. The van der Waals surface area contributed by atoms with Crippen molar-refractivity contribution in [1.29, 1.82) is 0 Å². The highest BCUT2D eigenvalue weighted by atomic mass is 32.2. The maximum Gasteiger partial charge on any atom is 0.243 e. The van der Waals surface area contributed by atoms with Gasteiger partial charge in [-0.2, -0.15) is 4.31 Å². The van der Waals surface area contributed by atoms with Crippen LogP contribution < -0.4 is 14.8 Å². The fraction of sp³-hybridized carbons (Fsp3) is 0.381. The molecule has 0 saturated carbocycles. The fourth-order valence-electron chi connectivity index (χ4n) is 3.45. The third-order valence-electron chi connectivity index (χ3n) is 5.15. The van der Waals surface area contributed by atoms with E-state index < -0.39 is 15.9 Å². The Bertz CT molecular complexity index is 990. The molecule has 1 atom stereocenters. The minimum absolute atomic E-state index is 0.120. The molecular weight excluding hydrogens is 392 g/mol. The first-order valence-electron chi connectivity index (χ1n) is 9.45. The maximum absolute atomic E-state index is 13.1. The van der Waals surface area contributed by atoms with Crippen molar-refractivity contribution in [3.8, 4) is 11.5 Å². The van der Waals surface area contributed by atoms with E-state index in [1.54, 1.807) is 6.07 Å². The van der Waals surface area contributed by atoms with Gasteiger partial charge < -0.3 is 14.8 Å². The Kier molecular flexibility index (Phi) is 6.44. The van der Waals surface area contributed by atoms with Crippen molar-refractivity contribution in [2.24, 2.45) is 5.92 Å². The molecule has 29 heavy (non-hydrogen) atoms. The molecule has 1 fully saturated rings. The molecule has 0 aliphatic carbocycles. The lowest BCUT2D eigenvalue weighted by atomic mass is 9.98. The fourth-order valence-corrected chi connectivity index (χ4v) is 4.99. The van der Waals surface area contributed by atoms with E-state index in [2.05, 4.69) is 5.32 Å². The van der Waals surface area contributed by atoms with Crippen LogP contribution in [0.1, 0.15) is 18.4 Å². The van der Waals surface area contributed by atoms with Gasteiger partial charge in [-0.15, -0.1) is 0 Å². The highest BCUT2D eigenvalue weighted by molar-refractivity contribution is 7.89. The van der Waals surface area contributed by atoms with Crippen molar-refractivity contribution in [1.82, 2.24) is 4.31 Å². The lowest BCUT2D eigenvalue weighted by Crippen LogP contribution is -2.43. The molecule has 8 heteroatoms. The van der Waals surface area contributed by atoms with E-state index in [9.17, 15) is 13.2 Å². The summed E-state index contributed by atoms with van der Waals surface area (Å²) in [5, 5.41) is 2.93. The first kappa shape index (κ1) is 21.1. The van der Waals surface area contributed by atoms with Gasteiger partial charge in [0.1, 0.15) is 0 Å². The lowest BCUT2D eigenvalue weighted by Gasteiger charge is -2.31. The van der Waals surface area contributed by atoms with Crippen molar-refractivity contribution >= 4 is 21.6 Å². The number of carbonyl (C=O) groups is 1. The van der Waals surface area contributed by atoms with E-state index in [0.717, 1.165) is 11.3 Å². The monoisotopic (exact) mass is 418 g/mol. The van der Waals surface area contributed by atoms with Crippen molar-refractivity contribution in [2.45, 2.75) is 24.7 Å². The summed E-state index contributed by atoms with van der Waals surface area (Å²) in [6.45, 7) is 2.45. The second kappa shape index (κ2) is 8.84. The number of anilines is 1. The van der Waals surface area contributed by atoms with Gasteiger partial charge in [0, 0.05) is 24.8 Å². The Hall–Kier alpha value is -2.58. The molecule has 0 spiro atoms. The van der Waals surface area contributed by atoms with Crippen LogP contribution in [0.4, 0.5) is 5.69 Å². The summed E-state index contributed by atoms with van der Waals surface area (Å²) in [7, 11) is -0.796. The number of hydrogen-bond donors (Lipinski definition) is 1. The van der Waals surface area contributed by atoms with Crippen molar-refractivity contribution in [3.05, 3.63) is 48.0 Å². The minimum Gasteiger partial charge on any atom is -0.493 e. The van der Waals surface area contributed by atoms with Gasteiger partial charge in [0.05, 0.1) is 25.0 Å². The molecule has 7 nitrogen and oxygen atoms in total. The van der Waals surface area contributed by atoms with Crippen molar-refractivity contribution in [2.75, 3.05) is 32.6 Å². The number of piperidine rings is 1. The number of nitrogens with zero attached hydrogens (tertiary/aromatic N) is 1. The Morgan fingerprint density at radius 3 is 2.52 bits per heavy atom. The molecule has 2 aromatic carbocycles. The number of rotatable bonds is 6. The predicted octanol–water partition coefficient (Wildman–Crippen LogP) is 3.05. The largest absolute Gasteiger partial charge is 0.493 e. The molecule has 2 aromatic rings. The normalized spacial score (nSPS) is 17.6. The van der Waals surface area contributed by atoms with Gasteiger partial charge in [-0.05, 0) is 43.5 Å². The number of para-hydroxylation sites is 1. The average Bonchev–Trinajstić information content (AvgIpc) is 2.74. The highest BCUT2D eigenvalue weighted by Crippen LogP contribution is 2.32. The molecule has 1 aliphatic heterocycles. The van der Waals surface area contributed by atoms with E-state index in [4.69, 9.17) is 9.47 Å². The zero-order valence-electron chi connectivity index (χ0n) is 16.8. The van der Waals surface area contributed by atoms with E-state index in [-0.39, 0.29) is 17.3 Å². The average molecular weight is 419 g/mol. The first-order valence-corrected chi connectivity index (χ1v) is 10.9. The quantitative estimate of drug-likeness (QED) is 0.779. The number of methoxy groups -OCH3 is 2. The molecule has 1 aliphatic rings. The van der Waals surface area contributed by atoms with Gasteiger partial charge in [-0.25, -0.2) is 8.42 Å². The summed E-state index contributed by atoms with van der Waals surface area (Å²) in [6.07, 6.45) is 1.27. The third-order valence-corrected chi connectivity index (χ3v) is 7.01. The molecule has 3 rings (SSSR count). The maximum atomic E-state index is 13.1. The molecule has 1 heterocycles. The second-order valence-corrected chi connectivity index (χ2v) is 8.96. The number of nitrogens with one attached hydrogen (secondary N) is 1. The number of amides is 1. The molecule has 0 radical (unpaired) electrons. The van der Waals surface area contributed by atoms with E-state index in [1.165, 1.54) is 30.7 Å². The smallest absolute Gasteiger partial charge is 0.243 e. The predicted molar refractivity (Wildman–Crippen MR) is 111 cm³/mol. The summed E-state index contributed by atoms with van der Waals surface area (Å²) in [5.74, 6) is 0.241. The van der Waals surface area contributed by atoms with Crippen LogP contribution in [-0.4, -0.2) is 45.9 Å². The Balaban J connectivity index is 1.77. The molecule has 1 saturated heterocycles. The first-order chi connectivity index (χ1) is 13.9. The molecule has 156 valence electrons. The number of ether oxygens (including phenoxy) is 2. The Morgan fingerprint density at radius 1 is 1.10 bits per heavy atom. The van der Waals surface area contributed by atoms with E-state index >= 15 is 0 Å². The van der Waals surface area contributed by atoms with Gasteiger partial charge in [0.2, 0.25) is 15.9 Å². The topological polar surface area (TPSA) is 84.9 Å². The third kappa shape index (κ3) is 4.54. The van der Waals surface area contributed by atoms with Gasteiger partial charge in [0.15, 0.2) is 11.5 Å². The van der Waals surface area contributed by atoms with Crippen LogP contribution in [0.2, 0.25) is 0 Å². The highest BCUT2D eigenvalue weighted by Gasteiger charge is 2.34. The molecule has 0 aromatic heterocycles. The molecule has 1 amide bonds. The number of benzene rings is 2. The van der Waals surface area contributed by atoms with Crippen LogP contribution >= 0.6 is 0 Å².